The number of nitrogens with one attached hydrogen (secondary N) is 1. The fraction of sp³-hybridized carbons (Fsp3) is 0.250. The predicted molar refractivity (Wildman–Crippen MR) is 128 cm³/mol. The summed E-state index contributed by atoms with van der Waals surface area (Å²) >= 11 is 14.1. The van der Waals surface area contributed by atoms with Crippen LogP contribution in [-0.4, -0.2) is 23.4 Å². The molecule has 2 atom stereocenters. The zero-order valence-corrected chi connectivity index (χ0v) is 18.9. The molecule has 1 aliphatic heterocycles. The average Bonchev–Trinajstić information content (AvgIpc) is 2.90. The van der Waals surface area contributed by atoms with Gasteiger partial charge in [-0.3, -0.25) is 9.79 Å². The molecule has 0 radical (unpaired) electrons. The number of amides is 1. The van der Waals surface area contributed by atoms with Gasteiger partial charge in [-0.15, -0.1) is 11.8 Å². The number of fused-ring (bicyclic) bond motifs is 2. The third-order valence-corrected chi connectivity index (χ3v) is 6.94. The van der Waals surface area contributed by atoms with Crippen LogP contribution in [0.1, 0.15) is 35.7 Å². The van der Waals surface area contributed by atoms with Gasteiger partial charge >= 0.3 is 0 Å². The molecule has 0 saturated heterocycles. The number of hydrogen-bond acceptors (Lipinski definition) is 3. The smallest absolute Gasteiger partial charge is 0.251 e. The van der Waals surface area contributed by atoms with E-state index in [1.165, 1.54) is 0 Å². The van der Waals surface area contributed by atoms with E-state index in [0.717, 1.165) is 39.7 Å². The van der Waals surface area contributed by atoms with Crippen LogP contribution < -0.4 is 5.32 Å². The fourth-order valence-electron chi connectivity index (χ4n) is 3.53. The molecule has 1 aliphatic carbocycles. The van der Waals surface area contributed by atoms with Crippen LogP contribution in [0.2, 0.25) is 5.02 Å². The summed E-state index contributed by atoms with van der Waals surface area (Å²) in [7, 11) is 0. The van der Waals surface area contributed by atoms with Crippen LogP contribution >= 0.6 is 35.0 Å². The molecule has 154 valence electrons. The van der Waals surface area contributed by atoms with Crippen LogP contribution in [0.25, 0.3) is 0 Å². The number of carbonyl (C=O) groups is 1. The molecular weight excluding hydrogens is 435 g/mol. The van der Waals surface area contributed by atoms with E-state index in [1.807, 2.05) is 48.5 Å². The maximum Gasteiger partial charge on any atom is 0.251 e. The first-order valence-corrected chi connectivity index (χ1v) is 11.7. The zero-order chi connectivity index (χ0) is 21.1. The normalized spacial score (nSPS) is 19.8. The van der Waals surface area contributed by atoms with E-state index in [0.29, 0.717) is 17.1 Å². The molecule has 2 aromatic carbocycles. The molecule has 1 N–H and O–H groups in total. The Balaban J connectivity index is 1.75. The Morgan fingerprint density at radius 3 is 2.73 bits per heavy atom. The highest BCUT2D eigenvalue weighted by molar-refractivity contribution is 8.00. The lowest BCUT2D eigenvalue weighted by atomic mass is 9.90. The van der Waals surface area contributed by atoms with E-state index < -0.39 is 0 Å². The van der Waals surface area contributed by atoms with Crippen molar-refractivity contribution in [2.24, 2.45) is 10.9 Å². The van der Waals surface area contributed by atoms with Crippen LogP contribution in [0.15, 0.2) is 75.6 Å². The van der Waals surface area contributed by atoms with E-state index in [4.69, 9.17) is 28.2 Å². The Hall–Kier alpha value is -2.01. The van der Waals surface area contributed by atoms with Crippen molar-refractivity contribution < 1.29 is 4.79 Å². The summed E-state index contributed by atoms with van der Waals surface area (Å²) in [6.45, 7) is 2.78. The van der Waals surface area contributed by atoms with Gasteiger partial charge in [0.2, 0.25) is 0 Å². The molecule has 0 bridgehead atoms. The van der Waals surface area contributed by atoms with Gasteiger partial charge in [0, 0.05) is 38.2 Å². The van der Waals surface area contributed by atoms with Crippen molar-refractivity contribution >= 4 is 52.3 Å². The Bertz CT molecular complexity index is 1040. The third-order valence-electron chi connectivity index (χ3n) is 5.14. The molecule has 1 amide bonds. The number of halogens is 2. The van der Waals surface area contributed by atoms with E-state index in [9.17, 15) is 4.79 Å². The van der Waals surface area contributed by atoms with Gasteiger partial charge in [0.05, 0.1) is 11.4 Å². The number of carbonyl (C=O) groups excluding carboxylic acids is 1. The lowest BCUT2D eigenvalue weighted by Crippen LogP contribution is -2.24. The van der Waals surface area contributed by atoms with E-state index in [1.54, 1.807) is 11.8 Å². The van der Waals surface area contributed by atoms with Crippen molar-refractivity contribution in [2.45, 2.75) is 29.9 Å². The number of nitrogens with zero attached hydrogens (tertiary/aromatic N) is 1. The van der Waals surface area contributed by atoms with Crippen LogP contribution in [0, 0.1) is 5.92 Å². The van der Waals surface area contributed by atoms with Crippen molar-refractivity contribution in [1.29, 1.82) is 0 Å². The molecule has 0 spiro atoms. The quantitative estimate of drug-likeness (QED) is 0.503. The van der Waals surface area contributed by atoms with Gasteiger partial charge in [0.25, 0.3) is 5.91 Å². The molecule has 0 aromatic heterocycles. The number of benzene rings is 2. The van der Waals surface area contributed by atoms with Crippen LogP contribution in [0.5, 0.6) is 0 Å². The maximum absolute atomic E-state index is 12.6. The molecule has 1 heterocycles. The summed E-state index contributed by atoms with van der Waals surface area (Å²) < 4.78 is 0. The average molecular weight is 457 g/mol. The Labute approximate surface area is 191 Å². The standard InChI is InChI=1S/C24H22Cl2N2OS/c1-2-3-12-27-24(29)16-6-11-21-20(13-16)28-23(15-4-7-17(25)8-5-15)19-10-9-18(26)14-22(19)30-21/h4-11,13-14,19,22H,2-3,12H2,1H3,(H,27,29). The number of rotatable bonds is 5. The summed E-state index contributed by atoms with van der Waals surface area (Å²) in [5.41, 5.74) is 3.39. The topological polar surface area (TPSA) is 41.5 Å². The van der Waals surface area contributed by atoms with Gasteiger partial charge in [0.15, 0.2) is 0 Å². The Morgan fingerprint density at radius 1 is 1.17 bits per heavy atom. The maximum atomic E-state index is 12.6. The Kier molecular flexibility index (Phi) is 6.67. The van der Waals surface area contributed by atoms with E-state index in [2.05, 4.69) is 24.4 Å². The second-order valence-corrected chi connectivity index (χ2v) is 9.41. The van der Waals surface area contributed by atoms with Crippen molar-refractivity contribution in [3.63, 3.8) is 0 Å². The summed E-state index contributed by atoms with van der Waals surface area (Å²) in [4.78, 5) is 18.6. The summed E-state index contributed by atoms with van der Waals surface area (Å²) in [5.74, 6) is 0.0110. The minimum Gasteiger partial charge on any atom is -0.352 e. The molecular formula is C24H22Cl2N2OS. The number of thioether (sulfide) groups is 1. The van der Waals surface area contributed by atoms with Gasteiger partial charge in [-0.25, -0.2) is 0 Å². The highest BCUT2D eigenvalue weighted by atomic mass is 35.5. The SMILES string of the molecule is CCCCNC(=O)c1ccc2c(c1)N=C(c1ccc(Cl)cc1)C1C=CC(Cl)=CC1S2. The second-order valence-electron chi connectivity index (χ2n) is 7.31. The van der Waals surface area contributed by atoms with Gasteiger partial charge in [-0.2, -0.15) is 0 Å². The first-order chi connectivity index (χ1) is 14.5. The minimum atomic E-state index is -0.0657. The van der Waals surface area contributed by atoms with E-state index >= 15 is 0 Å². The summed E-state index contributed by atoms with van der Waals surface area (Å²) in [6.07, 6.45) is 8.12. The largest absolute Gasteiger partial charge is 0.352 e. The van der Waals surface area contributed by atoms with Crippen LogP contribution in [0.4, 0.5) is 5.69 Å². The number of unbranched alkanes of at least 4 members (excludes halogenated alkanes) is 1. The Morgan fingerprint density at radius 2 is 1.97 bits per heavy atom. The lowest BCUT2D eigenvalue weighted by molar-refractivity contribution is 0.0953. The first kappa shape index (κ1) is 21.2. The molecule has 2 aromatic rings. The monoisotopic (exact) mass is 456 g/mol. The van der Waals surface area contributed by atoms with E-state index in [-0.39, 0.29) is 17.1 Å². The van der Waals surface area contributed by atoms with Crippen molar-refractivity contribution in [2.75, 3.05) is 6.54 Å². The fourth-order valence-corrected chi connectivity index (χ4v) is 5.19. The van der Waals surface area contributed by atoms with Gasteiger partial charge in [-0.05, 0) is 48.4 Å². The molecule has 0 fully saturated rings. The molecule has 2 aliphatic rings. The molecule has 3 nitrogen and oxygen atoms in total. The molecule has 30 heavy (non-hydrogen) atoms. The van der Waals surface area contributed by atoms with Crippen LogP contribution in [0.3, 0.4) is 0 Å². The molecule has 6 heteroatoms. The van der Waals surface area contributed by atoms with Crippen LogP contribution in [-0.2, 0) is 0 Å². The minimum absolute atomic E-state index is 0.0657. The number of hydrogen-bond donors (Lipinski definition) is 1. The summed E-state index contributed by atoms with van der Waals surface area (Å²) in [5, 5.41) is 4.53. The first-order valence-electron chi connectivity index (χ1n) is 10.0. The van der Waals surface area contributed by atoms with Crippen molar-refractivity contribution in [1.82, 2.24) is 5.32 Å². The van der Waals surface area contributed by atoms with Crippen molar-refractivity contribution in [3.05, 3.63) is 81.9 Å². The zero-order valence-electron chi connectivity index (χ0n) is 16.6. The lowest BCUT2D eigenvalue weighted by Gasteiger charge is -2.24. The molecule has 0 saturated carbocycles. The van der Waals surface area contributed by atoms with Crippen molar-refractivity contribution in [3.8, 4) is 0 Å². The summed E-state index contributed by atoms with van der Waals surface area (Å²) in [6, 6.07) is 13.5. The highest BCUT2D eigenvalue weighted by Gasteiger charge is 2.31. The highest BCUT2D eigenvalue weighted by Crippen LogP contribution is 2.44. The number of aliphatic imine (C=N–C) groups is 1. The third kappa shape index (κ3) is 4.66. The number of allylic oxidation sites excluding steroid dienone is 3. The second kappa shape index (κ2) is 9.42. The molecule has 2 unspecified atom stereocenters. The predicted octanol–water partition coefficient (Wildman–Crippen LogP) is 6.77. The van der Waals surface area contributed by atoms with Gasteiger partial charge < -0.3 is 5.32 Å². The molecule has 4 rings (SSSR count). The van der Waals surface area contributed by atoms with Gasteiger partial charge in [-0.1, -0.05) is 60.8 Å². The van der Waals surface area contributed by atoms with Gasteiger partial charge in [0.1, 0.15) is 0 Å².